The number of carbonyl (C=O) groups excluding carboxylic acids is 2. The van der Waals surface area contributed by atoms with Crippen LogP contribution in [0.1, 0.15) is 24.1 Å². The number of anilines is 1. The van der Waals surface area contributed by atoms with Crippen molar-refractivity contribution in [2.45, 2.75) is 19.9 Å². The molecule has 1 N–H and O–H groups in total. The monoisotopic (exact) mass is 349 g/mol. The lowest BCUT2D eigenvalue weighted by atomic mass is 9.89. The number of para-hydroxylation sites is 2. The van der Waals surface area contributed by atoms with E-state index >= 15 is 0 Å². The number of nitrogens with zero attached hydrogens (tertiary/aromatic N) is 2. The Hall–Kier alpha value is -3.15. The number of aryl methyl sites for hydroxylation is 1. The average Bonchev–Trinajstić information content (AvgIpc) is 2.98. The molecular weight excluding hydrogens is 330 g/mol. The van der Waals surface area contributed by atoms with Crippen LogP contribution in [0.2, 0.25) is 0 Å². The highest BCUT2D eigenvalue weighted by Gasteiger charge is 2.44. The van der Waals surface area contributed by atoms with Gasteiger partial charge < -0.3 is 9.30 Å². The minimum Gasteiger partial charge on any atom is -0.465 e. The quantitative estimate of drug-likeness (QED) is 0.583. The molecule has 0 fully saturated rings. The first-order chi connectivity index (χ1) is 12.6. The highest BCUT2D eigenvalue weighted by molar-refractivity contribution is 6.07. The molecule has 0 spiro atoms. The van der Waals surface area contributed by atoms with Gasteiger partial charge in [-0.2, -0.15) is 0 Å². The van der Waals surface area contributed by atoms with E-state index in [0.29, 0.717) is 5.95 Å². The Balaban J connectivity index is 1.97. The van der Waals surface area contributed by atoms with Crippen molar-refractivity contribution in [1.82, 2.24) is 9.55 Å². The summed E-state index contributed by atoms with van der Waals surface area (Å²) in [5, 5.41) is 2.77. The van der Waals surface area contributed by atoms with Crippen molar-refractivity contribution >= 4 is 28.9 Å². The van der Waals surface area contributed by atoms with Crippen LogP contribution in [0.25, 0.3) is 11.0 Å². The number of esters is 1. The first kappa shape index (κ1) is 16.3. The van der Waals surface area contributed by atoms with Crippen LogP contribution in [0.4, 0.5) is 5.95 Å². The van der Waals surface area contributed by atoms with Crippen molar-refractivity contribution in [1.29, 1.82) is 0 Å². The summed E-state index contributed by atoms with van der Waals surface area (Å²) < 4.78 is 7.13. The third kappa shape index (κ3) is 2.54. The molecule has 2 atom stereocenters. The maximum absolute atomic E-state index is 12.8. The molecule has 2 heterocycles. The number of benzene rings is 2. The molecule has 0 radical (unpaired) electrons. The Labute approximate surface area is 150 Å². The number of nitrogens with one attached hydrogen (secondary N) is 1. The average molecular weight is 349 g/mol. The highest BCUT2D eigenvalue weighted by Crippen LogP contribution is 2.38. The van der Waals surface area contributed by atoms with Gasteiger partial charge in [-0.25, -0.2) is 4.98 Å². The summed E-state index contributed by atoms with van der Waals surface area (Å²) in [7, 11) is 0. The van der Waals surface area contributed by atoms with Gasteiger partial charge in [0.15, 0.2) is 5.92 Å². The van der Waals surface area contributed by atoms with Gasteiger partial charge in [-0.05, 0) is 31.5 Å². The molecule has 132 valence electrons. The van der Waals surface area contributed by atoms with Crippen molar-refractivity contribution in [2.75, 3.05) is 11.9 Å². The van der Waals surface area contributed by atoms with Crippen molar-refractivity contribution in [3.63, 3.8) is 0 Å². The van der Waals surface area contributed by atoms with Crippen molar-refractivity contribution in [2.24, 2.45) is 5.92 Å². The SMILES string of the molecule is CCOC(=O)[C@H]1C(=O)Nc2nc3ccccc3n2[C@@H]1c1cccc(C)c1. The molecule has 6 nitrogen and oxygen atoms in total. The third-order valence-electron chi connectivity index (χ3n) is 4.63. The summed E-state index contributed by atoms with van der Waals surface area (Å²) in [6, 6.07) is 15.0. The van der Waals surface area contributed by atoms with Crippen LogP contribution in [0.5, 0.6) is 0 Å². The van der Waals surface area contributed by atoms with E-state index < -0.39 is 23.8 Å². The summed E-state index contributed by atoms with van der Waals surface area (Å²) in [6.45, 7) is 3.94. The van der Waals surface area contributed by atoms with Gasteiger partial charge in [0.05, 0.1) is 23.7 Å². The Morgan fingerprint density at radius 1 is 1.23 bits per heavy atom. The smallest absolute Gasteiger partial charge is 0.321 e. The van der Waals surface area contributed by atoms with Gasteiger partial charge >= 0.3 is 5.97 Å². The van der Waals surface area contributed by atoms with Gasteiger partial charge in [0, 0.05) is 0 Å². The van der Waals surface area contributed by atoms with Crippen LogP contribution in [-0.4, -0.2) is 28.0 Å². The highest BCUT2D eigenvalue weighted by atomic mass is 16.5. The summed E-state index contributed by atoms with van der Waals surface area (Å²) in [6.07, 6.45) is 0. The van der Waals surface area contributed by atoms with Crippen LogP contribution < -0.4 is 5.32 Å². The minimum absolute atomic E-state index is 0.223. The zero-order valence-corrected chi connectivity index (χ0v) is 14.6. The number of rotatable bonds is 3. The second-order valence-electron chi connectivity index (χ2n) is 6.37. The Bertz CT molecular complexity index is 1010. The second kappa shape index (κ2) is 6.29. The van der Waals surface area contributed by atoms with Gasteiger partial charge in [0.2, 0.25) is 11.9 Å². The fourth-order valence-electron chi connectivity index (χ4n) is 3.56. The van der Waals surface area contributed by atoms with Gasteiger partial charge in [0.25, 0.3) is 0 Å². The third-order valence-corrected chi connectivity index (χ3v) is 4.63. The number of carbonyl (C=O) groups is 2. The summed E-state index contributed by atoms with van der Waals surface area (Å²) >= 11 is 0. The molecule has 1 aromatic heterocycles. The Morgan fingerprint density at radius 3 is 2.81 bits per heavy atom. The molecule has 0 saturated heterocycles. The molecule has 26 heavy (non-hydrogen) atoms. The maximum atomic E-state index is 12.8. The van der Waals surface area contributed by atoms with Crippen molar-refractivity contribution in [3.8, 4) is 0 Å². The molecule has 6 heteroatoms. The number of hydrogen-bond donors (Lipinski definition) is 1. The molecule has 0 aliphatic carbocycles. The number of fused-ring (bicyclic) bond motifs is 3. The predicted octanol–water partition coefficient (Wildman–Crippen LogP) is 3.07. The summed E-state index contributed by atoms with van der Waals surface area (Å²) in [4.78, 5) is 29.9. The minimum atomic E-state index is -0.971. The molecule has 0 bridgehead atoms. The largest absolute Gasteiger partial charge is 0.465 e. The van der Waals surface area contributed by atoms with E-state index in [0.717, 1.165) is 22.2 Å². The van der Waals surface area contributed by atoms with E-state index in [2.05, 4.69) is 10.3 Å². The van der Waals surface area contributed by atoms with E-state index in [-0.39, 0.29) is 6.61 Å². The van der Waals surface area contributed by atoms with Gasteiger partial charge in [-0.15, -0.1) is 0 Å². The molecule has 1 aliphatic heterocycles. The van der Waals surface area contributed by atoms with E-state index in [1.54, 1.807) is 6.92 Å². The molecule has 1 amide bonds. The lowest BCUT2D eigenvalue weighted by Crippen LogP contribution is -2.43. The van der Waals surface area contributed by atoms with Crippen LogP contribution in [0, 0.1) is 12.8 Å². The van der Waals surface area contributed by atoms with Crippen molar-refractivity contribution in [3.05, 3.63) is 59.7 Å². The lowest BCUT2D eigenvalue weighted by Gasteiger charge is -2.32. The molecule has 0 unspecified atom stereocenters. The van der Waals surface area contributed by atoms with Crippen LogP contribution in [0.15, 0.2) is 48.5 Å². The fourth-order valence-corrected chi connectivity index (χ4v) is 3.56. The number of ether oxygens (including phenoxy) is 1. The van der Waals surface area contributed by atoms with E-state index in [1.165, 1.54) is 0 Å². The summed E-state index contributed by atoms with van der Waals surface area (Å²) in [5.41, 5.74) is 3.57. The second-order valence-corrected chi connectivity index (χ2v) is 6.37. The molecule has 4 rings (SSSR count). The predicted molar refractivity (Wildman–Crippen MR) is 97.8 cm³/mol. The number of imidazole rings is 1. The zero-order chi connectivity index (χ0) is 18.3. The van der Waals surface area contributed by atoms with Gasteiger partial charge in [-0.1, -0.05) is 42.0 Å². The van der Waals surface area contributed by atoms with Crippen molar-refractivity contribution < 1.29 is 14.3 Å². The summed E-state index contributed by atoms with van der Waals surface area (Å²) in [5.74, 6) is -1.44. The zero-order valence-electron chi connectivity index (χ0n) is 14.6. The molecule has 2 aromatic carbocycles. The topological polar surface area (TPSA) is 73.2 Å². The van der Waals surface area contributed by atoms with E-state index in [4.69, 9.17) is 4.74 Å². The standard InChI is InChI=1S/C20H19N3O3/c1-3-26-19(25)16-17(13-8-6-7-12(2)11-13)23-15-10-5-4-9-14(15)21-20(23)22-18(16)24/h4-11,16-17H,3H2,1-2H3,(H,21,22,24)/t16-,17-/m1/s1. The van der Waals surface area contributed by atoms with Gasteiger partial charge in [0.1, 0.15) is 0 Å². The molecular formula is C20H19N3O3. The first-order valence-electron chi connectivity index (χ1n) is 8.61. The number of hydrogen-bond acceptors (Lipinski definition) is 4. The Morgan fingerprint density at radius 2 is 2.04 bits per heavy atom. The molecule has 3 aromatic rings. The Kier molecular flexibility index (Phi) is 3.95. The van der Waals surface area contributed by atoms with Crippen LogP contribution >= 0.6 is 0 Å². The lowest BCUT2D eigenvalue weighted by molar-refractivity contribution is -0.152. The first-order valence-corrected chi connectivity index (χ1v) is 8.61. The van der Waals surface area contributed by atoms with E-state index in [1.807, 2.05) is 60.0 Å². The van der Waals surface area contributed by atoms with Gasteiger partial charge in [-0.3, -0.25) is 14.9 Å². The normalized spacial score (nSPS) is 19.1. The number of aromatic nitrogens is 2. The molecule has 1 aliphatic rings. The molecule has 0 saturated carbocycles. The van der Waals surface area contributed by atoms with E-state index in [9.17, 15) is 9.59 Å². The maximum Gasteiger partial charge on any atom is 0.321 e. The fraction of sp³-hybridized carbons (Fsp3) is 0.250. The van der Waals surface area contributed by atoms with Crippen LogP contribution in [0.3, 0.4) is 0 Å². The number of amides is 1. The van der Waals surface area contributed by atoms with Crippen LogP contribution in [-0.2, 0) is 14.3 Å².